The number of carbonyl (C=O) groups excluding carboxylic acids is 4. The molecule has 10 saturated carbocycles. The summed E-state index contributed by atoms with van der Waals surface area (Å²) in [7, 11) is 0. The van der Waals surface area contributed by atoms with Crippen LogP contribution in [-0.2, 0) is 43.2 Å². The molecule has 12 bridgehead atoms. The molecule has 764 valence electrons. The van der Waals surface area contributed by atoms with E-state index in [0.717, 1.165) is 32.1 Å². The Labute approximate surface area is 719 Å². The van der Waals surface area contributed by atoms with Crippen molar-refractivity contribution in [3.63, 3.8) is 0 Å². The molecule has 0 amide bonds. The largest absolute Gasteiger partial charge is 0.549 e. The van der Waals surface area contributed by atoms with Crippen LogP contribution in [0.3, 0.4) is 0 Å². The van der Waals surface area contributed by atoms with Gasteiger partial charge >= 0.3 is 97.8 Å². The zero-order chi connectivity index (χ0) is 103. The lowest BCUT2D eigenvalue weighted by molar-refractivity contribution is -0.368. The number of hydrogen-bond donors (Lipinski definition) is 7. The number of allylic oxidation sites excluding steroid dienone is 4. The van der Waals surface area contributed by atoms with E-state index in [1.807, 2.05) is 6.08 Å². The van der Waals surface area contributed by atoms with E-state index in [1.54, 1.807) is 19.9 Å². The molecule has 22 atom stereocenters. The van der Waals surface area contributed by atoms with Gasteiger partial charge in [-0.15, -0.1) is 0 Å². The minimum Gasteiger partial charge on any atom is -0.549 e. The number of aliphatic hydroxyl groups is 2. The Kier molecular flexibility index (Phi) is 34.9. The topological polar surface area (TPSA) is 387 Å². The highest BCUT2D eigenvalue weighted by atomic mass is 19.5. The fourth-order valence-electron chi connectivity index (χ4n) is 21.2. The van der Waals surface area contributed by atoms with Gasteiger partial charge in [-0.1, -0.05) is 44.6 Å². The van der Waals surface area contributed by atoms with E-state index in [2.05, 4.69) is 6.08 Å². The van der Waals surface area contributed by atoms with Crippen molar-refractivity contribution in [3.05, 3.63) is 24.3 Å². The van der Waals surface area contributed by atoms with Gasteiger partial charge in [0, 0.05) is 0 Å². The summed E-state index contributed by atoms with van der Waals surface area (Å²) in [6.07, 6.45) is -57.4. The molecule has 0 saturated heterocycles. The SMILES string of the molecule is CC(C)CC(C(=O)O)C(C)(O)C(F)(F)F.O=C(O)CC(C(F)(F)F)C(F)(F)F.O=C(O)CC(F)(F)CC(F)(F)F.O=C(O)CC(F)(F)CC(F)(F)F.O=C(O)CC(O)(C(F)(F)F)C(F)(F)F.O=C([O-])C1(C(F)(F)F)CC2C=CC1C2.O=C([O-])C1(C(F)(F)F)CC2CC1C1C3C=CC(C3)C21.O=C([O-])C1(C(F)(F)F)CC2CC1C1C3CCC(C3)C21.O=C([O-])C1(C(F)(F)F)CC2CCC1C2. The summed E-state index contributed by atoms with van der Waals surface area (Å²) in [5.74, 6) is -33.7. The molecular weight excluding hydrogens is 1920 g/mol. The van der Waals surface area contributed by atoms with Gasteiger partial charge in [0.2, 0.25) is 0 Å². The Morgan fingerprint density at radius 1 is 0.379 bits per heavy atom. The Morgan fingerprint density at radius 3 is 1.00 bits per heavy atom. The van der Waals surface area contributed by atoms with Crippen molar-refractivity contribution in [1.29, 1.82) is 0 Å². The van der Waals surface area contributed by atoms with Crippen LogP contribution >= 0.6 is 0 Å². The van der Waals surface area contributed by atoms with Crippen molar-refractivity contribution in [1.82, 2.24) is 0 Å². The summed E-state index contributed by atoms with van der Waals surface area (Å²) in [4.78, 5) is 93.5. The predicted molar refractivity (Wildman–Crippen MR) is 353 cm³/mol. The fraction of sp³-hybridized carbons (Fsp3) is 0.827. The van der Waals surface area contributed by atoms with E-state index in [-0.39, 0.29) is 91.8 Å². The highest BCUT2D eigenvalue weighted by Gasteiger charge is 2.77. The molecule has 0 aliphatic heterocycles. The Balaban J connectivity index is 0.000000313. The van der Waals surface area contributed by atoms with Crippen LogP contribution in [0.25, 0.3) is 0 Å². The molecule has 57 heteroatoms. The zero-order valence-electron chi connectivity index (χ0n) is 67.6. The second-order valence-electron chi connectivity index (χ2n) is 35.3. The third-order valence-corrected chi connectivity index (χ3v) is 26.4. The second-order valence-corrected chi connectivity index (χ2v) is 35.3. The van der Waals surface area contributed by atoms with Crippen molar-refractivity contribution < 1.29 is 262 Å². The minimum absolute atomic E-state index is 0.00275. The van der Waals surface area contributed by atoms with Crippen molar-refractivity contribution in [2.24, 2.45) is 134 Å². The van der Waals surface area contributed by atoms with Gasteiger partial charge in [0.1, 0.15) is 47.3 Å². The van der Waals surface area contributed by atoms with Gasteiger partial charge in [0.25, 0.3) is 17.4 Å². The first-order valence-corrected chi connectivity index (χ1v) is 39.0. The number of carbonyl (C=O) groups is 9. The van der Waals surface area contributed by atoms with Gasteiger partial charge in [-0.2, -0.15) is 145 Å². The molecule has 10 fully saturated rings. The van der Waals surface area contributed by atoms with Crippen molar-refractivity contribution in [2.45, 2.75) is 247 Å². The summed E-state index contributed by atoms with van der Waals surface area (Å²) in [6, 6.07) is 0. The van der Waals surface area contributed by atoms with Gasteiger partial charge in [-0.3, -0.25) is 24.0 Å². The normalized spacial score (nSPS) is 31.7. The third-order valence-electron chi connectivity index (χ3n) is 26.4. The quantitative estimate of drug-likeness (QED) is 0.0381. The maximum Gasteiger partial charge on any atom is 0.426 e. The average Bonchev–Trinajstić information content (AvgIpc) is 1.52. The summed E-state index contributed by atoms with van der Waals surface area (Å²) >= 11 is 0. The first-order valence-electron chi connectivity index (χ1n) is 39.0. The maximum atomic E-state index is 13.4. The molecule has 0 aromatic heterocycles. The van der Waals surface area contributed by atoms with Gasteiger partial charge in [0.05, 0.1) is 42.6 Å². The third kappa shape index (κ3) is 25.6. The van der Waals surface area contributed by atoms with Gasteiger partial charge in [-0.25, -0.2) is 17.6 Å². The standard InChI is InChI=1S/C14H17F3O2.C14H15F3O2.C9H15F3O3.C9H11F3O2.C9H9F3O2.C5H4F6O3.C5H4F6O2.2C5H5F5O2/c2*15-14(16,17)13(12(18)19)5-8-4-9(13)11-7-2-1-6(3-7)10(8)11;1-5(2)4-6(7(13)14)8(3,15)9(10,11)12;2*10-9(11,12)8(7(13)14)4-5-1-2-6(8)3-5;6-4(7,8)3(14,1-2(12)13)5(9,10)11;6-4(7,8)2(1-3(12)13)5(9,10)11;2*6-4(7,1-3(11)12)2-5(8,9)10/h6-11H,1-5H2,(H,18,19);1-2,6-11H,3-5H2,(H,18,19);5-6,15H,4H2,1-3H3,(H,13,14);5-6H,1-4H2,(H,13,14);1-2,5-6H,3-4H2,(H,13,14);14H,1H2,(H,12,13);2H,1H2,(H,12,13);2*1-2H2,(H,11,12)/p-4. The van der Waals surface area contributed by atoms with Crippen LogP contribution in [0, 0.1) is 134 Å². The van der Waals surface area contributed by atoms with E-state index >= 15 is 0 Å². The van der Waals surface area contributed by atoms with E-state index in [4.69, 9.17) is 30.6 Å². The van der Waals surface area contributed by atoms with E-state index in [0.29, 0.717) is 56.3 Å². The number of carboxylic acid groups (broad SMARTS) is 9. The number of halogens is 37. The lowest BCUT2D eigenvalue weighted by atomic mass is 9.60. The zero-order valence-corrected chi connectivity index (χ0v) is 67.6. The highest BCUT2D eigenvalue weighted by molar-refractivity contribution is 5.78. The number of alkyl halides is 37. The Hall–Kier alpha value is -7.96. The van der Waals surface area contributed by atoms with Gasteiger partial charge < -0.3 is 75.3 Å². The first kappa shape index (κ1) is 116. The van der Waals surface area contributed by atoms with Crippen LogP contribution in [0.4, 0.5) is 162 Å². The summed E-state index contributed by atoms with van der Waals surface area (Å²) in [6.45, 7) is 3.69. The molecule has 12 rings (SSSR count). The molecule has 132 heavy (non-hydrogen) atoms. The number of carboxylic acids is 9. The van der Waals surface area contributed by atoms with E-state index in [1.165, 1.54) is 6.08 Å². The molecule has 0 aromatic carbocycles. The molecule has 7 N–H and O–H groups in total. The molecule has 22 unspecified atom stereocenters. The molecular formula is C75H81F37O20-4. The number of rotatable bonds is 18. The molecule has 20 nitrogen and oxygen atoms in total. The molecule has 0 aromatic rings. The smallest absolute Gasteiger partial charge is 0.426 e. The second kappa shape index (κ2) is 39.6. The average molecular weight is 2010 g/mol. The molecule has 0 radical (unpaired) electrons. The fourth-order valence-corrected chi connectivity index (χ4v) is 21.2. The lowest BCUT2D eigenvalue weighted by Crippen LogP contribution is -2.58. The predicted octanol–water partition coefficient (Wildman–Crippen LogP) is 15.4. The highest BCUT2D eigenvalue weighted by Crippen LogP contribution is 2.76. The van der Waals surface area contributed by atoms with Crippen LogP contribution in [0.1, 0.15) is 156 Å². The molecule has 12 aliphatic rings. The lowest BCUT2D eigenvalue weighted by Gasteiger charge is -2.47. The van der Waals surface area contributed by atoms with E-state index < -0.39 is 240 Å². The van der Waals surface area contributed by atoms with Gasteiger partial charge in [-0.05, 0) is 197 Å². The maximum absolute atomic E-state index is 13.4. The molecule has 0 heterocycles. The monoisotopic (exact) mass is 2000 g/mol. The summed E-state index contributed by atoms with van der Waals surface area (Å²) in [5, 5.41) is 101. The summed E-state index contributed by atoms with van der Waals surface area (Å²) in [5.41, 5.74) is -18.7. The van der Waals surface area contributed by atoms with Gasteiger partial charge in [0.15, 0.2) is 11.5 Å². The number of hydrogen-bond acceptors (Lipinski definition) is 15. The molecule has 12 aliphatic carbocycles. The number of fused-ring (bicyclic) bond motifs is 22. The van der Waals surface area contributed by atoms with Crippen LogP contribution in [0.5, 0.6) is 0 Å². The van der Waals surface area contributed by atoms with Crippen LogP contribution in [-0.4, -0.2) is 180 Å². The summed E-state index contributed by atoms with van der Waals surface area (Å²) < 4.78 is 450. The van der Waals surface area contributed by atoms with Crippen molar-refractivity contribution >= 4 is 53.7 Å². The minimum atomic E-state index is -6.08. The molecule has 0 spiro atoms. The van der Waals surface area contributed by atoms with Crippen molar-refractivity contribution in [2.75, 3.05) is 0 Å². The Bertz CT molecular complexity index is 4050. The van der Waals surface area contributed by atoms with Crippen molar-refractivity contribution in [3.8, 4) is 0 Å². The van der Waals surface area contributed by atoms with Crippen LogP contribution < -0.4 is 20.4 Å². The van der Waals surface area contributed by atoms with Crippen LogP contribution in [0.15, 0.2) is 24.3 Å². The first-order chi connectivity index (χ1) is 58.7. The Morgan fingerprint density at radius 2 is 0.750 bits per heavy atom. The van der Waals surface area contributed by atoms with Crippen LogP contribution in [0.2, 0.25) is 0 Å². The number of aliphatic carboxylic acids is 9. The van der Waals surface area contributed by atoms with E-state index in [9.17, 15) is 231 Å².